The molecule has 5 N–H and O–H groups in total. The standard InChI is InChI=1S/C21H21N7O5S/c22-34(31,32)16-5-2-14(3-6-16)26-27-19-17-12-15(4-7-18(17)25-20(19)29)33-21(30)24-8-1-10-28-11-9-23-13-28/h2-7,9,11-13,25,29H,1,8,10H2,(H,24,30)(H2,22,31,32). The number of amides is 1. The highest BCUT2D eigenvalue weighted by molar-refractivity contribution is 7.89. The van der Waals surface area contributed by atoms with Crippen LogP contribution >= 0.6 is 0 Å². The fourth-order valence-corrected chi connectivity index (χ4v) is 3.65. The summed E-state index contributed by atoms with van der Waals surface area (Å²) >= 11 is 0. The number of hydrogen-bond donors (Lipinski definition) is 4. The minimum Gasteiger partial charge on any atom is -0.493 e. The molecular formula is C21H21N7O5S. The van der Waals surface area contributed by atoms with Gasteiger partial charge in [0.25, 0.3) is 0 Å². The number of primary sulfonamides is 1. The van der Waals surface area contributed by atoms with Crippen molar-refractivity contribution in [3.63, 3.8) is 0 Å². The van der Waals surface area contributed by atoms with Gasteiger partial charge in [-0.05, 0) is 48.9 Å². The van der Waals surface area contributed by atoms with Crippen LogP contribution in [0.3, 0.4) is 0 Å². The number of aromatic amines is 1. The van der Waals surface area contributed by atoms with Crippen molar-refractivity contribution in [1.29, 1.82) is 0 Å². The van der Waals surface area contributed by atoms with Crippen molar-refractivity contribution in [2.75, 3.05) is 6.54 Å². The number of imidazole rings is 1. The normalized spacial score (nSPS) is 11.8. The molecule has 0 aliphatic heterocycles. The highest BCUT2D eigenvalue weighted by atomic mass is 32.2. The van der Waals surface area contributed by atoms with Gasteiger partial charge in [0, 0.05) is 30.9 Å². The Balaban J connectivity index is 1.43. The molecule has 0 radical (unpaired) electrons. The third kappa shape index (κ3) is 5.57. The summed E-state index contributed by atoms with van der Waals surface area (Å²) in [6.07, 6.45) is 5.33. The second kappa shape index (κ2) is 9.72. The molecule has 1 amide bonds. The fourth-order valence-electron chi connectivity index (χ4n) is 3.13. The molecule has 2 aromatic carbocycles. The summed E-state index contributed by atoms with van der Waals surface area (Å²) in [6, 6.07) is 10.2. The van der Waals surface area contributed by atoms with E-state index in [4.69, 9.17) is 9.88 Å². The average molecular weight is 484 g/mol. The van der Waals surface area contributed by atoms with Crippen molar-refractivity contribution >= 4 is 38.4 Å². The average Bonchev–Trinajstić information content (AvgIpc) is 3.42. The summed E-state index contributed by atoms with van der Waals surface area (Å²) in [7, 11) is -3.81. The maximum absolute atomic E-state index is 12.1. The first-order chi connectivity index (χ1) is 16.3. The zero-order valence-electron chi connectivity index (χ0n) is 17.7. The Labute approximate surface area is 194 Å². The lowest BCUT2D eigenvalue weighted by Crippen LogP contribution is -2.28. The number of fused-ring (bicyclic) bond motifs is 1. The highest BCUT2D eigenvalue weighted by Gasteiger charge is 2.13. The van der Waals surface area contributed by atoms with Gasteiger partial charge in [-0.1, -0.05) is 0 Å². The Morgan fingerprint density at radius 2 is 2.00 bits per heavy atom. The van der Waals surface area contributed by atoms with E-state index in [-0.39, 0.29) is 22.2 Å². The van der Waals surface area contributed by atoms with Crippen LogP contribution in [-0.4, -0.2) is 40.7 Å². The van der Waals surface area contributed by atoms with Gasteiger partial charge in [-0.25, -0.2) is 23.3 Å². The highest BCUT2D eigenvalue weighted by Crippen LogP contribution is 2.38. The number of H-pyrrole nitrogens is 1. The number of nitrogens with zero attached hydrogens (tertiary/aromatic N) is 4. The number of rotatable bonds is 8. The molecule has 34 heavy (non-hydrogen) atoms. The Morgan fingerprint density at radius 3 is 2.71 bits per heavy atom. The molecule has 2 heterocycles. The molecule has 2 aromatic heterocycles. The van der Waals surface area contributed by atoms with Crippen LogP contribution in [0.2, 0.25) is 0 Å². The molecule has 0 atom stereocenters. The number of benzene rings is 2. The zero-order valence-corrected chi connectivity index (χ0v) is 18.6. The van der Waals surface area contributed by atoms with Crippen molar-refractivity contribution < 1.29 is 23.1 Å². The van der Waals surface area contributed by atoms with Gasteiger partial charge in [-0.3, -0.25) is 0 Å². The monoisotopic (exact) mass is 483 g/mol. The number of azo groups is 1. The topological polar surface area (TPSA) is 177 Å². The van der Waals surface area contributed by atoms with Crippen molar-refractivity contribution in [2.45, 2.75) is 17.9 Å². The van der Waals surface area contributed by atoms with Gasteiger partial charge in [0.2, 0.25) is 15.9 Å². The SMILES string of the molecule is NS(=O)(=O)c1ccc(N=Nc2c(O)[nH]c3ccc(OC(=O)NCCCn4ccnc4)cc23)cc1. The van der Waals surface area contributed by atoms with Gasteiger partial charge in [0.05, 0.1) is 22.4 Å². The van der Waals surface area contributed by atoms with Crippen LogP contribution < -0.4 is 15.2 Å². The lowest BCUT2D eigenvalue weighted by Gasteiger charge is -2.07. The van der Waals surface area contributed by atoms with E-state index in [9.17, 15) is 18.3 Å². The fraction of sp³-hybridized carbons (Fsp3) is 0.143. The summed E-state index contributed by atoms with van der Waals surface area (Å²) in [5, 5.41) is 26.6. The number of hydrogen-bond acceptors (Lipinski definition) is 8. The van der Waals surface area contributed by atoms with Crippen LogP contribution in [-0.2, 0) is 16.6 Å². The molecule has 0 bridgehead atoms. The first-order valence-electron chi connectivity index (χ1n) is 10.1. The molecule has 0 aliphatic carbocycles. The van der Waals surface area contributed by atoms with Gasteiger partial charge in [-0.2, -0.15) is 5.11 Å². The maximum Gasteiger partial charge on any atom is 0.412 e. The number of sulfonamides is 1. The quantitative estimate of drug-likeness (QED) is 0.221. The van der Waals surface area contributed by atoms with Gasteiger partial charge in [0.15, 0.2) is 5.69 Å². The number of nitrogens with one attached hydrogen (secondary N) is 2. The first kappa shape index (κ1) is 22.9. The van der Waals surface area contributed by atoms with Crippen molar-refractivity contribution in [3.8, 4) is 11.6 Å². The number of nitrogens with two attached hydrogens (primary N) is 1. The Kier molecular flexibility index (Phi) is 6.56. The molecule has 12 nitrogen and oxygen atoms in total. The van der Waals surface area contributed by atoms with Crippen LogP contribution in [0.25, 0.3) is 10.9 Å². The van der Waals surface area contributed by atoms with E-state index in [1.807, 2.05) is 10.8 Å². The summed E-state index contributed by atoms with van der Waals surface area (Å²) in [5.41, 5.74) is 1.05. The summed E-state index contributed by atoms with van der Waals surface area (Å²) in [5.74, 6) is 0.0357. The van der Waals surface area contributed by atoms with Crippen molar-refractivity contribution in [3.05, 3.63) is 61.2 Å². The van der Waals surface area contributed by atoms with E-state index in [1.54, 1.807) is 30.7 Å². The van der Waals surface area contributed by atoms with E-state index in [0.717, 1.165) is 0 Å². The van der Waals surface area contributed by atoms with Gasteiger partial charge in [0.1, 0.15) is 5.75 Å². The predicted octanol–water partition coefficient (Wildman–Crippen LogP) is 3.31. The van der Waals surface area contributed by atoms with E-state index < -0.39 is 16.1 Å². The van der Waals surface area contributed by atoms with Crippen molar-refractivity contribution in [1.82, 2.24) is 19.9 Å². The summed E-state index contributed by atoms with van der Waals surface area (Å²) in [4.78, 5) is 18.8. The number of aromatic nitrogens is 3. The molecule has 0 fully saturated rings. The Morgan fingerprint density at radius 1 is 1.21 bits per heavy atom. The second-order valence-electron chi connectivity index (χ2n) is 7.24. The van der Waals surface area contributed by atoms with Crippen LogP contribution in [0.5, 0.6) is 11.6 Å². The molecule has 13 heteroatoms. The number of carbonyl (C=O) groups excluding carboxylic acids is 1. The maximum atomic E-state index is 12.1. The van der Waals surface area contributed by atoms with Crippen LogP contribution in [0.4, 0.5) is 16.2 Å². The number of aromatic hydroxyl groups is 1. The predicted molar refractivity (Wildman–Crippen MR) is 123 cm³/mol. The van der Waals surface area contributed by atoms with Gasteiger partial charge in [-0.15, -0.1) is 5.11 Å². The van der Waals surface area contributed by atoms with E-state index in [1.165, 1.54) is 24.3 Å². The summed E-state index contributed by atoms with van der Waals surface area (Å²) < 4.78 is 29.9. The molecule has 0 unspecified atom stereocenters. The van der Waals surface area contributed by atoms with E-state index in [2.05, 4.69) is 25.5 Å². The first-order valence-corrected chi connectivity index (χ1v) is 11.6. The third-order valence-electron chi connectivity index (χ3n) is 4.79. The van der Waals surface area contributed by atoms with E-state index in [0.29, 0.717) is 36.1 Å². The smallest absolute Gasteiger partial charge is 0.412 e. The number of ether oxygens (including phenoxy) is 1. The molecule has 176 valence electrons. The molecule has 0 spiro atoms. The minimum absolute atomic E-state index is 0.0526. The van der Waals surface area contributed by atoms with E-state index >= 15 is 0 Å². The second-order valence-corrected chi connectivity index (χ2v) is 8.80. The number of aryl methyl sites for hydroxylation is 1. The molecular weight excluding hydrogens is 462 g/mol. The molecule has 4 aromatic rings. The Hall–Kier alpha value is -4.23. The van der Waals surface area contributed by atoms with Crippen LogP contribution in [0.1, 0.15) is 6.42 Å². The zero-order chi connectivity index (χ0) is 24.1. The Bertz CT molecular complexity index is 1430. The van der Waals surface area contributed by atoms with Gasteiger partial charge >= 0.3 is 6.09 Å². The summed E-state index contributed by atoms with van der Waals surface area (Å²) in [6.45, 7) is 1.14. The van der Waals surface area contributed by atoms with Crippen LogP contribution in [0, 0.1) is 0 Å². The third-order valence-corrected chi connectivity index (χ3v) is 5.72. The van der Waals surface area contributed by atoms with Gasteiger partial charge < -0.3 is 24.7 Å². The lowest BCUT2D eigenvalue weighted by molar-refractivity contribution is 0.200. The molecule has 0 saturated carbocycles. The molecule has 4 rings (SSSR count). The molecule has 0 aliphatic rings. The van der Waals surface area contributed by atoms with Crippen LogP contribution in [0.15, 0.2) is 76.3 Å². The lowest BCUT2D eigenvalue weighted by atomic mass is 10.2. The minimum atomic E-state index is -3.81. The largest absolute Gasteiger partial charge is 0.493 e. The van der Waals surface area contributed by atoms with Crippen molar-refractivity contribution in [2.24, 2.45) is 15.4 Å². The number of carbonyl (C=O) groups is 1. The molecule has 0 saturated heterocycles.